The van der Waals surface area contributed by atoms with Crippen molar-refractivity contribution in [3.05, 3.63) is 45.6 Å². The molecule has 0 bridgehead atoms. The summed E-state index contributed by atoms with van der Waals surface area (Å²) < 4.78 is 6.93. The molecule has 7 nitrogen and oxygen atoms in total. The van der Waals surface area contributed by atoms with Gasteiger partial charge in [0.05, 0.1) is 11.4 Å². The Morgan fingerprint density at radius 2 is 1.37 bits per heavy atom. The molecule has 0 radical (unpaired) electrons. The van der Waals surface area contributed by atoms with Crippen molar-refractivity contribution in [1.29, 1.82) is 0 Å². The molecule has 3 aromatic heterocycles. The molecule has 0 spiro atoms. The lowest BCUT2D eigenvalue weighted by molar-refractivity contribution is 0.392. The normalized spacial score (nSPS) is 10.9. The van der Waals surface area contributed by atoms with Gasteiger partial charge in [-0.05, 0) is 72.8 Å². The molecule has 168 valence electrons. The molecule has 0 atom stereocenters. The highest BCUT2D eigenvalue weighted by Crippen LogP contribution is 2.21. The Morgan fingerprint density at radius 3 is 1.57 bits per heavy atom. The largest absolute Gasteiger partial charge is 0.361 e. The van der Waals surface area contributed by atoms with E-state index < -0.39 is 0 Å². The predicted octanol–water partition coefficient (Wildman–Crippen LogP) is 6.04. The smallest absolute Gasteiger partial charge is 0.147 e. The van der Waals surface area contributed by atoms with Crippen LogP contribution in [-0.2, 0) is 0 Å². The van der Waals surface area contributed by atoms with Gasteiger partial charge in [0, 0.05) is 17.3 Å². The molecule has 7 heteroatoms. The molecular formula is C23H40N6O. The van der Waals surface area contributed by atoms with Gasteiger partial charge in [-0.3, -0.25) is 5.10 Å². The molecule has 3 heterocycles. The Balaban J connectivity index is 0.000000225. The number of rotatable bonds is 3. The molecular weight excluding hydrogens is 376 g/mol. The van der Waals surface area contributed by atoms with Crippen molar-refractivity contribution in [3.8, 4) is 0 Å². The summed E-state index contributed by atoms with van der Waals surface area (Å²) in [6.45, 7) is 24.8. The standard InChI is InChI=1S/C8H14N2.C8H13NO.C7H13N3/c2*1-5(2)8-6(3)9-10-7(8)4;1-5(2)10-7(4)8-6(3)9-10/h5H,1-4H3,(H,9,10);2*5H,1-4H3. The first-order valence-electron chi connectivity index (χ1n) is 10.7. The summed E-state index contributed by atoms with van der Waals surface area (Å²) in [6.07, 6.45) is 0. The first-order valence-corrected chi connectivity index (χ1v) is 10.7. The molecule has 3 rings (SSSR count). The Kier molecular flexibility index (Phi) is 9.46. The fraction of sp³-hybridized carbons (Fsp3) is 0.652. The van der Waals surface area contributed by atoms with Crippen LogP contribution in [0.5, 0.6) is 0 Å². The molecule has 0 fully saturated rings. The lowest BCUT2D eigenvalue weighted by Crippen LogP contribution is -2.04. The van der Waals surface area contributed by atoms with E-state index in [0.29, 0.717) is 17.9 Å². The maximum atomic E-state index is 5.01. The SMILES string of the molecule is Cc1n[nH]c(C)c1C(C)C.Cc1nc(C)n(C(C)C)n1.Cc1noc(C)c1C(C)C. The third-order valence-electron chi connectivity index (χ3n) is 4.83. The topological polar surface area (TPSA) is 85.4 Å². The van der Waals surface area contributed by atoms with Crippen LogP contribution in [0.3, 0.4) is 0 Å². The van der Waals surface area contributed by atoms with Crippen LogP contribution < -0.4 is 0 Å². The van der Waals surface area contributed by atoms with Crippen molar-refractivity contribution < 1.29 is 4.52 Å². The van der Waals surface area contributed by atoms with Gasteiger partial charge >= 0.3 is 0 Å². The summed E-state index contributed by atoms with van der Waals surface area (Å²) in [5, 5.41) is 15.2. The zero-order chi connectivity index (χ0) is 23.2. The van der Waals surface area contributed by atoms with Crippen LogP contribution in [0.1, 0.15) is 105 Å². The molecule has 0 unspecified atom stereocenters. The maximum absolute atomic E-state index is 5.01. The van der Waals surface area contributed by atoms with Gasteiger partial charge in [-0.15, -0.1) is 0 Å². The molecule has 0 amide bonds. The molecule has 0 aliphatic heterocycles. The average molecular weight is 417 g/mol. The molecule has 3 aromatic rings. The lowest BCUT2D eigenvalue weighted by atomic mass is 10.0. The van der Waals surface area contributed by atoms with E-state index in [1.807, 2.05) is 39.3 Å². The zero-order valence-electron chi connectivity index (χ0n) is 20.9. The third kappa shape index (κ3) is 6.82. The highest BCUT2D eigenvalue weighted by atomic mass is 16.5. The van der Waals surface area contributed by atoms with Crippen LogP contribution in [0.25, 0.3) is 0 Å². The van der Waals surface area contributed by atoms with Crippen molar-refractivity contribution in [2.75, 3.05) is 0 Å². The summed E-state index contributed by atoms with van der Waals surface area (Å²) in [5.74, 6) is 3.90. The van der Waals surface area contributed by atoms with Crippen molar-refractivity contribution in [3.63, 3.8) is 0 Å². The molecule has 30 heavy (non-hydrogen) atoms. The van der Waals surface area contributed by atoms with Gasteiger partial charge in [0.1, 0.15) is 17.4 Å². The molecule has 1 N–H and O–H groups in total. The average Bonchev–Trinajstić information content (AvgIpc) is 3.25. The minimum absolute atomic E-state index is 0.418. The van der Waals surface area contributed by atoms with Gasteiger partial charge in [-0.2, -0.15) is 10.2 Å². The Bertz CT molecular complexity index is 825. The summed E-state index contributed by atoms with van der Waals surface area (Å²) in [5.41, 5.74) is 5.97. The van der Waals surface area contributed by atoms with E-state index in [9.17, 15) is 0 Å². The van der Waals surface area contributed by atoms with Crippen LogP contribution in [0.4, 0.5) is 0 Å². The van der Waals surface area contributed by atoms with E-state index in [1.54, 1.807) is 0 Å². The highest BCUT2D eigenvalue weighted by Gasteiger charge is 2.11. The van der Waals surface area contributed by atoms with Crippen molar-refractivity contribution in [2.45, 2.75) is 101 Å². The number of aromatic nitrogens is 6. The van der Waals surface area contributed by atoms with Gasteiger partial charge in [-0.25, -0.2) is 9.67 Å². The van der Waals surface area contributed by atoms with Gasteiger partial charge < -0.3 is 4.52 Å². The van der Waals surface area contributed by atoms with E-state index in [2.05, 4.69) is 73.9 Å². The van der Waals surface area contributed by atoms with E-state index in [1.165, 1.54) is 16.8 Å². The zero-order valence-corrected chi connectivity index (χ0v) is 20.9. The third-order valence-corrected chi connectivity index (χ3v) is 4.83. The highest BCUT2D eigenvalue weighted by molar-refractivity contribution is 5.26. The lowest BCUT2D eigenvalue weighted by Gasteiger charge is -2.04. The molecule has 0 saturated carbocycles. The summed E-state index contributed by atoms with van der Waals surface area (Å²) in [6, 6.07) is 0.418. The quantitative estimate of drug-likeness (QED) is 0.562. The van der Waals surface area contributed by atoms with Crippen LogP contribution in [0.15, 0.2) is 4.52 Å². The second-order valence-corrected chi connectivity index (χ2v) is 8.64. The number of aryl methyl sites for hydroxylation is 6. The second kappa shape index (κ2) is 11.1. The van der Waals surface area contributed by atoms with Crippen molar-refractivity contribution in [2.24, 2.45) is 0 Å². The number of hydrogen-bond acceptors (Lipinski definition) is 5. The van der Waals surface area contributed by atoms with Crippen LogP contribution in [-0.4, -0.2) is 30.1 Å². The predicted molar refractivity (Wildman–Crippen MR) is 122 cm³/mol. The monoisotopic (exact) mass is 416 g/mol. The number of hydrogen-bond donors (Lipinski definition) is 1. The minimum Gasteiger partial charge on any atom is -0.361 e. The fourth-order valence-electron chi connectivity index (χ4n) is 3.75. The van der Waals surface area contributed by atoms with E-state index in [4.69, 9.17) is 4.52 Å². The van der Waals surface area contributed by atoms with Crippen LogP contribution in [0, 0.1) is 41.5 Å². The number of nitrogens with zero attached hydrogens (tertiary/aromatic N) is 5. The number of H-pyrrole nitrogens is 1. The minimum atomic E-state index is 0.418. The molecule has 0 saturated heterocycles. The van der Waals surface area contributed by atoms with Gasteiger partial charge in [0.25, 0.3) is 0 Å². The Hall–Kier alpha value is -2.44. The molecule has 0 aliphatic rings. The van der Waals surface area contributed by atoms with E-state index in [0.717, 1.165) is 28.8 Å². The first-order chi connectivity index (χ1) is 13.9. The Morgan fingerprint density at radius 1 is 0.800 bits per heavy atom. The Labute approximate surface area is 181 Å². The molecule has 0 aromatic carbocycles. The summed E-state index contributed by atoms with van der Waals surface area (Å²) in [7, 11) is 0. The number of aromatic amines is 1. The van der Waals surface area contributed by atoms with E-state index in [-0.39, 0.29) is 0 Å². The van der Waals surface area contributed by atoms with Gasteiger partial charge in [0.15, 0.2) is 0 Å². The second-order valence-electron chi connectivity index (χ2n) is 8.64. The maximum Gasteiger partial charge on any atom is 0.147 e. The van der Waals surface area contributed by atoms with Gasteiger partial charge in [0.2, 0.25) is 0 Å². The summed E-state index contributed by atoms with van der Waals surface area (Å²) >= 11 is 0. The number of nitrogens with one attached hydrogen (secondary N) is 1. The van der Waals surface area contributed by atoms with Crippen molar-refractivity contribution in [1.82, 2.24) is 30.1 Å². The van der Waals surface area contributed by atoms with Crippen LogP contribution >= 0.6 is 0 Å². The van der Waals surface area contributed by atoms with Crippen molar-refractivity contribution >= 4 is 0 Å². The van der Waals surface area contributed by atoms with E-state index >= 15 is 0 Å². The summed E-state index contributed by atoms with van der Waals surface area (Å²) in [4.78, 5) is 4.18. The van der Waals surface area contributed by atoms with Crippen LogP contribution in [0.2, 0.25) is 0 Å². The van der Waals surface area contributed by atoms with Gasteiger partial charge in [-0.1, -0.05) is 32.9 Å². The first kappa shape index (κ1) is 25.6. The fourth-order valence-corrected chi connectivity index (χ4v) is 3.75. The molecule has 0 aliphatic carbocycles.